The van der Waals surface area contributed by atoms with Gasteiger partial charge in [-0.2, -0.15) is 0 Å². The maximum absolute atomic E-state index is 13.6. The Bertz CT molecular complexity index is 900. The Kier molecular flexibility index (Phi) is 6.00. The van der Waals surface area contributed by atoms with Gasteiger partial charge in [0.05, 0.1) is 16.6 Å². The van der Waals surface area contributed by atoms with E-state index in [4.69, 9.17) is 0 Å². The largest absolute Gasteiger partial charge is 0.323 e. The van der Waals surface area contributed by atoms with Gasteiger partial charge in [-0.25, -0.2) is 13.8 Å². The smallest absolute Gasteiger partial charge is 0.237 e. The van der Waals surface area contributed by atoms with Gasteiger partial charge in [-0.1, -0.05) is 30.3 Å². The van der Waals surface area contributed by atoms with Crippen LogP contribution in [0.15, 0.2) is 53.9 Å². The second-order valence-corrected chi connectivity index (χ2v) is 7.76. The number of benzene rings is 2. The molecule has 3 aromatic rings. The Labute approximate surface area is 158 Å². The Balaban J connectivity index is 1.57. The van der Waals surface area contributed by atoms with E-state index in [1.807, 2.05) is 35.7 Å². The molecule has 3 rings (SSSR count). The van der Waals surface area contributed by atoms with E-state index < -0.39 is 16.9 Å². The lowest BCUT2D eigenvalue weighted by Crippen LogP contribution is -2.23. The summed E-state index contributed by atoms with van der Waals surface area (Å²) in [6.45, 7) is 1.72. The monoisotopic (exact) mass is 390 g/mol. The fourth-order valence-corrected chi connectivity index (χ4v) is 3.91. The van der Waals surface area contributed by atoms with Crippen LogP contribution in [-0.4, -0.2) is 16.1 Å². The standard InChI is InChI=1S/C19H16F2N2OS2/c1-12(18(24)23-17-9-14(20)7-8-16(17)21)25-10-15-11-26-19(22-15)13-5-3-2-4-6-13/h2-9,11-12H,10H2,1H3,(H,23,24)/t12-/m0/s1. The molecule has 0 aliphatic carbocycles. The van der Waals surface area contributed by atoms with Gasteiger partial charge in [0, 0.05) is 22.8 Å². The molecule has 0 aliphatic rings. The third kappa shape index (κ3) is 4.68. The number of rotatable bonds is 6. The van der Waals surface area contributed by atoms with E-state index >= 15 is 0 Å². The van der Waals surface area contributed by atoms with Crippen molar-refractivity contribution in [3.05, 3.63) is 71.2 Å². The number of nitrogens with one attached hydrogen (secondary N) is 1. The summed E-state index contributed by atoms with van der Waals surface area (Å²) < 4.78 is 26.8. The Morgan fingerprint density at radius 2 is 2.00 bits per heavy atom. The number of thioether (sulfide) groups is 1. The zero-order valence-electron chi connectivity index (χ0n) is 13.9. The fraction of sp³-hybridized carbons (Fsp3) is 0.158. The summed E-state index contributed by atoms with van der Waals surface area (Å²) in [6.07, 6.45) is 0. The molecule has 0 saturated heterocycles. The normalized spacial score (nSPS) is 12.0. The van der Waals surface area contributed by atoms with Crippen LogP contribution in [0.3, 0.4) is 0 Å². The maximum atomic E-state index is 13.6. The molecule has 134 valence electrons. The minimum atomic E-state index is -0.663. The van der Waals surface area contributed by atoms with Gasteiger partial charge in [-0.3, -0.25) is 4.79 Å². The van der Waals surface area contributed by atoms with Crippen molar-refractivity contribution in [3.63, 3.8) is 0 Å². The summed E-state index contributed by atoms with van der Waals surface area (Å²) in [7, 11) is 0. The van der Waals surface area contributed by atoms with Gasteiger partial charge >= 0.3 is 0 Å². The van der Waals surface area contributed by atoms with Crippen molar-refractivity contribution < 1.29 is 13.6 Å². The number of hydrogen-bond acceptors (Lipinski definition) is 4. The number of aromatic nitrogens is 1. The van der Waals surface area contributed by atoms with Crippen LogP contribution in [0, 0.1) is 11.6 Å². The van der Waals surface area contributed by atoms with Crippen molar-refractivity contribution in [3.8, 4) is 10.6 Å². The van der Waals surface area contributed by atoms with Gasteiger partial charge in [0.25, 0.3) is 0 Å². The minimum absolute atomic E-state index is 0.150. The zero-order chi connectivity index (χ0) is 18.5. The highest BCUT2D eigenvalue weighted by molar-refractivity contribution is 7.99. The molecule has 2 aromatic carbocycles. The second-order valence-electron chi connectivity index (χ2n) is 5.58. The summed E-state index contributed by atoms with van der Waals surface area (Å²) in [5, 5.41) is 4.89. The molecule has 26 heavy (non-hydrogen) atoms. The first-order valence-electron chi connectivity index (χ1n) is 7.90. The van der Waals surface area contributed by atoms with Gasteiger partial charge in [0.1, 0.15) is 16.6 Å². The van der Waals surface area contributed by atoms with Gasteiger partial charge in [0.15, 0.2) is 0 Å². The lowest BCUT2D eigenvalue weighted by Gasteiger charge is -2.12. The number of amides is 1. The molecule has 1 amide bonds. The van der Waals surface area contributed by atoms with E-state index in [1.165, 1.54) is 11.8 Å². The summed E-state index contributed by atoms with van der Waals surface area (Å²) >= 11 is 2.94. The molecule has 1 aromatic heterocycles. The highest BCUT2D eigenvalue weighted by atomic mass is 32.2. The zero-order valence-corrected chi connectivity index (χ0v) is 15.5. The SMILES string of the molecule is C[C@H](SCc1csc(-c2ccccc2)n1)C(=O)Nc1cc(F)ccc1F. The number of hydrogen-bond donors (Lipinski definition) is 1. The van der Waals surface area contributed by atoms with Crippen LogP contribution < -0.4 is 5.32 Å². The first-order chi connectivity index (χ1) is 12.5. The van der Waals surface area contributed by atoms with Crippen molar-refractivity contribution in [2.75, 3.05) is 5.32 Å². The van der Waals surface area contributed by atoms with Gasteiger partial charge in [0.2, 0.25) is 5.91 Å². The van der Waals surface area contributed by atoms with E-state index in [0.717, 1.165) is 34.5 Å². The Morgan fingerprint density at radius 3 is 2.77 bits per heavy atom. The molecule has 0 unspecified atom stereocenters. The molecule has 3 nitrogen and oxygen atoms in total. The van der Waals surface area contributed by atoms with E-state index in [2.05, 4.69) is 10.3 Å². The van der Waals surface area contributed by atoms with E-state index in [1.54, 1.807) is 18.3 Å². The quantitative estimate of drug-likeness (QED) is 0.617. The third-order valence-electron chi connectivity index (χ3n) is 3.61. The predicted octanol–water partition coefficient (Wildman–Crippen LogP) is 5.35. The van der Waals surface area contributed by atoms with Crippen molar-refractivity contribution >= 4 is 34.7 Å². The van der Waals surface area contributed by atoms with E-state index in [-0.39, 0.29) is 11.6 Å². The van der Waals surface area contributed by atoms with Crippen molar-refractivity contribution in [1.82, 2.24) is 4.98 Å². The molecule has 0 saturated carbocycles. The minimum Gasteiger partial charge on any atom is -0.323 e. The van der Waals surface area contributed by atoms with E-state index in [0.29, 0.717) is 5.75 Å². The molecular weight excluding hydrogens is 374 g/mol. The lowest BCUT2D eigenvalue weighted by molar-refractivity contribution is -0.115. The van der Waals surface area contributed by atoms with Gasteiger partial charge < -0.3 is 5.32 Å². The molecule has 0 radical (unpaired) electrons. The summed E-state index contributed by atoms with van der Waals surface area (Å²) in [5.74, 6) is -1.08. The number of carbonyl (C=O) groups is 1. The summed E-state index contributed by atoms with van der Waals surface area (Å²) in [4.78, 5) is 16.8. The van der Waals surface area contributed by atoms with Crippen molar-refractivity contribution in [2.45, 2.75) is 17.9 Å². The topological polar surface area (TPSA) is 42.0 Å². The Hall–Kier alpha value is -2.25. The summed E-state index contributed by atoms with van der Waals surface area (Å²) in [5.41, 5.74) is 1.79. The number of carbonyl (C=O) groups excluding carboxylic acids is 1. The highest BCUT2D eigenvalue weighted by Crippen LogP contribution is 2.26. The second kappa shape index (κ2) is 8.42. The first kappa shape index (κ1) is 18.5. The average Bonchev–Trinajstić information content (AvgIpc) is 3.12. The number of nitrogens with zero attached hydrogens (tertiary/aromatic N) is 1. The number of halogens is 2. The number of thiazole rings is 1. The highest BCUT2D eigenvalue weighted by Gasteiger charge is 2.16. The number of anilines is 1. The molecule has 1 heterocycles. The van der Waals surface area contributed by atoms with Crippen molar-refractivity contribution in [2.24, 2.45) is 0 Å². The molecule has 0 bridgehead atoms. The first-order valence-corrected chi connectivity index (χ1v) is 9.83. The van der Waals surface area contributed by atoms with Crippen LogP contribution in [0.1, 0.15) is 12.6 Å². The Morgan fingerprint density at radius 1 is 1.23 bits per heavy atom. The molecule has 1 atom stereocenters. The molecule has 0 fully saturated rings. The van der Waals surface area contributed by atoms with Crippen LogP contribution in [0.5, 0.6) is 0 Å². The van der Waals surface area contributed by atoms with Gasteiger partial charge in [-0.15, -0.1) is 23.1 Å². The van der Waals surface area contributed by atoms with Crippen molar-refractivity contribution in [1.29, 1.82) is 0 Å². The molecule has 0 aliphatic heterocycles. The average molecular weight is 390 g/mol. The fourth-order valence-electron chi connectivity index (χ4n) is 2.20. The van der Waals surface area contributed by atoms with Crippen LogP contribution in [0.4, 0.5) is 14.5 Å². The van der Waals surface area contributed by atoms with Crippen LogP contribution in [0.25, 0.3) is 10.6 Å². The lowest BCUT2D eigenvalue weighted by atomic mass is 10.2. The predicted molar refractivity (Wildman–Crippen MR) is 103 cm³/mol. The molecule has 0 spiro atoms. The maximum Gasteiger partial charge on any atom is 0.237 e. The third-order valence-corrected chi connectivity index (χ3v) is 5.73. The van der Waals surface area contributed by atoms with Crippen LogP contribution in [0.2, 0.25) is 0 Å². The van der Waals surface area contributed by atoms with Gasteiger partial charge in [-0.05, 0) is 19.1 Å². The summed E-state index contributed by atoms with van der Waals surface area (Å²) in [6, 6.07) is 12.8. The van der Waals surface area contributed by atoms with E-state index in [9.17, 15) is 13.6 Å². The van der Waals surface area contributed by atoms with Crippen LogP contribution >= 0.6 is 23.1 Å². The molecule has 1 N–H and O–H groups in total. The molecule has 7 heteroatoms. The molecular formula is C19H16F2N2OS2. The van der Waals surface area contributed by atoms with Crippen LogP contribution in [-0.2, 0) is 10.5 Å².